The quantitative estimate of drug-likeness (QED) is 0.731. The Labute approximate surface area is 125 Å². The van der Waals surface area contributed by atoms with E-state index in [1.165, 1.54) is 17.5 Å². The number of nitrogens with one attached hydrogen (secondary N) is 1. The molecule has 2 heterocycles. The molecule has 0 aliphatic heterocycles. The molecule has 0 aliphatic rings. The van der Waals surface area contributed by atoms with E-state index in [2.05, 4.69) is 10.4 Å². The summed E-state index contributed by atoms with van der Waals surface area (Å²) in [7, 11) is 1.73. The van der Waals surface area contributed by atoms with Crippen molar-refractivity contribution in [1.29, 1.82) is 0 Å². The molecule has 2 rings (SSSR count). The van der Waals surface area contributed by atoms with Gasteiger partial charge in [0.15, 0.2) is 0 Å². The SMILES string of the molecule is Cn1cc(C(N)C(=O)NC(CC(=O)O)c2cccs2)cn1. The van der Waals surface area contributed by atoms with Crippen LogP contribution in [0.4, 0.5) is 0 Å². The van der Waals surface area contributed by atoms with Crippen LogP contribution in [0, 0.1) is 0 Å². The van der Waals surface area contributed by atoms with Gasteiger partial charge in [-0.05, 0) is 11.4 Å². The molecular weight excluding hydrogens is 292 g/mol. The second-order valence-corrected chi connectivity index (χ2v) is 5.58. The third-order valence-electron chi connectivity index (χ3n) is 2.95. The van der Waals surface area contributed by atoms with E-state index >= 15 is 0 Å². The highest BCUT2D eigenvalue weighted by molar-refractivity contribution is 7.10. The van der Waals surface area contributed by atoms with Crippen LogP contribution < -0.4 is 11.1 Å². The van der Waals surface area contributed by atoms with Gasteiger partial charge in [0, 0.05) is 23.7 Å². The summed E-state index contributed by atoms with van der Waals surface area (Å²) in [5.41, 5.74) is 6.45. The van der Waals surface area contributed by atoms with Gasteiger partial charge in [-0.2, -0.15) is 5.10 Å². The fourth-order valence-corrected chi connectivity index (χ4v) is 2.68. The van der Waals surface area contributed by atoms with Crippen molar-refractivity contribution in [2.24, 2.45) is 12.8 Å². The number of aryl methyl sites for hydroxylation is 1. The van der Waals surface area contributed by atoms with Gasteiger partial charge >= 0.3 is 5.97 Å². The Morgan fingerprint density at radius 3 is 2.86 bits per heavy atom. The molecule has 2 atom stereocenters. The lowest BCUT2D eigenvalue weighted by Crippen LogP contribution is -2.37. The van der Waals surface area contributed by atoms with Gasteiger partial charge in [-0.15, -0.1) is 11.3 Å². The Bertz CT molecular complexity index is 623. The zero-order valence-corrected chi connectivity index (χ0v) is 12.2. The van der Waals surface area contributed by atoms with Gasteiger partial charge in [-0.25, -0.2) is 0 Å². The standard InChI is InChI=1S/C13H16N4O3S/c1-17-7-8(6-15-17)12(14)13(20)16-9(5-11(18)19)10-3-2-4-21-10/h2-4,6-7,9,12H,5,14H2,1H3,(H,16,20)(H,18,19). The molecule has 0 spiro atoms. The van der Waals surface area contributed by atoms with E-state index in [1.54, 1.807) is 24.0 Å². The third-order valence-corrected chi connectivity index (χ3v) is 3.93. The Balaban J connectivity index is 2.09. The first kappa shape index (κ1) is 15.2. The van der Waals surface area contributed by atoms with Crippen LogP contribution in [-0.2, 0) is 16.6 Å². The molecule has 0 radical (unpaired) electrons. The first-order valence-electron chi connectivity index (χ1n) is 6.27. The normalized spacial score (nSPS) is 13.6. The second kappa shape index (κ2) is 6.51. The zero-order chi connectivity index (χ0) is 15.4. The largest absolute Gasteiger partial charge is 0.481 e. The third kappa shape index (κ3) is 3.89. The Morgan fingerprint density at radius 2 is 2.33 bits per heavy atom. The molecule has 2 unspecified atom stereocenters. The molecule has 1 amide bonds. The van der Waals surface area contributed by atoms with E-state index in [4.69, 9.17) is 10.8 Å². The average molecular weight is 308 g/mol. The monoisotopic (exact) mass is 308 g/mol. The fourth-order valence-electron chi connectivity index (χ4n) is 1.90. The minimum atomic E-state index is -0.983. The maximum absolute atomic E-state index is 12.2. The number of carboxylic acid groups (broad SMARTS) is 1. The number of amides is 1. The topological polar surface area (TPSA) is 110 Å². The van der Waals surface area contributed by atoms with Crippen molar-refractivity contribution in [3.63, 3.8) is 0 Å². The van der Waals surface area contributed by atoms with Crippen LogP contribution in [0.15, 0.2) is 29.9 Å². The summed E-state index contributed by atoms with van der Waals surface area (Å²) in [6.45, 7) is 0. The Kier molecular flexibility index (Phi) is 4.71. The van der Waals surface area contributed by atoms with Crippen LogP contribution >= 0.6 is 11.3 Å². The molecule has 0 bridgehead atoms. The molecule has 0 aromatic carbocycles. The number of thiophene rings is 1. The van der Waals surface area contributed by atoms with E-state index in [9.17, 15) is 9.59 Å². The van der Waals surface area contributed by atoms with Crippen molar-refractivity contribution in [2.45, 2.75) is 18.5 Å². The summed E-state index contributed by atoms with van der Waals surface area (Å²) in [5.74, 6) is -1.41. The van der Waals surface area contributed by atoms with Gasteiger partial charge in [0.25, 0.3) is 0 Å². The molecule has 8 heteroatoms. The number of aliphatic carboxylic acids is 1. The summed E-state index contributed by atoms with van der Waals surface area (Å²) in [6.07, 6.45) is 2.98. The smallest absolute Gasteiger partial charge is 0.305 e. The highest BCUT2D eigenvalue weighted by Crippen LogP contribution is 2.23. The molecule has 0 saturated heterocycles. The van der Waals surface area contributed by atoms with Gasteiger partial charge in [-0.3, -0.25) is 14.3 Å². The lowest BCUT2D eigenvalue weighted by molar-refractivity contribution is -0.137. The van der Waals surface area contributed by atoms with E-state index < -0.39 is 24.0 Å². The number of rotatable bonds is 6. The molecule has 4 N–H and O–H groups in total. The number of hydrogen-bond acceptors (Lipinski definition) is 5. The van der Waals surface area contributed by atoms with Gasteiger partial charge in [0.05, 0.1) is 18.7 Å². The van der Waals surface area contributed by atoms with E-state index in [0.29, 0.717) is 5.56 Å². The van der Waals surface area contributed by atoms with Crippen molar-refractivity contribution in [3.8, 4) is 0 Å². The maximum Gasteiger partial charge on any atom is 0.305 e. The number of aromatic nitrogens is 2. The molecular formula is C13H16N4O3S. The molecule has 0 aliphatic carbocycles. The molecule has 2 aromatic rings. The van der Waals surface area contributed by atoms with Crippen molar-refractivity contribution < 1.29 is 14.7 Å². The van der Waals surface area contributed by atoms with Crippen molar-refractivity contribution in [3.05, 3.63) is 40.3 Å². The minimum Gasteiger partial charge on any atom is -0.481 e. The number of carbonyl (C=O) groups excluding carboxylic acids is 1. The number of nitrogens with zero attached hydrogens (tertiary/aromatic N) is 2. The minimum absolute atomic E-state index is 0.188. The van der Waals surface area contributed by atoms with Crippen molar-refractivity contribution >= 4 is 23.2 Å². The predicted octanol–water partition coefficient (Wildman–Crippen LogP) is 0.814. The first-order chi connectivity index (χ1) is 9.97. The highest BCUT2D eigenvalue weighted by Gasteiger charge is 2.23. The molecule has 0 saturated carbocycles. The summed E-state index contributed by atoms with van der Waals surface area (Å²) >= 11 is 1.39. The maximum atomic E-state index is 12.2. The summed E-state index contributed by atoms with van der Waals surface area (Å²) < 4.78 is 1.55. The first-order valence-corrected chi connectivity index (χ1v) is 7.15. The van der Waals surface area contributed by atoms with Crippen LogP contribution in [0.3, 0.4) is 0 Å². The van der Waals surface area contributed by atoms with Crippen LogP contribution in [0.2, 0.25) is 0 Å². The fraction of sp³-hybridized carbons (Fsp3) is 0.308. The average Bonchev–Trinajstić information content (AvgIpc) is 3.07. The summed E-state index contributed by atoms with van der Waals surface area (Å²) in [4.78, 5) is 23.9. The summed E-state index contributed by atoms with van der Waals surface area (Å²) in [5, 5.41) is 17.4. The van der Waals surface area contributed by atoms with E-state index in [0.717, 1.165) is 4.88 Å². The number of carboxylic acids is 1. The number of carbonyl (C=O) groups is 2. The molecule has 0 fully saturated rings. The van der Waals surface area contributed by atoms with Gasteiger partial charge in [0.2, 0.25) is 5.91 Å². The Hall–Kier alpha value is -2.19. The van der Waals surface area contributed by atoms with Crippen LogP contribution in [0.25, 0.3) is 0 Å². The second-order valence-electron chi connectivity index (χ2n) is 4.60. The van der Waals surface area contributed by atoms with E-state index in [1.807, 2.05) is 11.4 Å². The van der Waals surface area contributed by atoms with Crippen molar-refractivity contribution in [1.82, 2.24) is 15.1 Å². The van der Waals surface area contributed by atoms with Crippen LogP contribution in [0.5, 0.6) is 0 Å². The van der Waals surface area contributed by atoms with Crippen LogP contribution in [-0.4, -0.2) is 26.8 Å². The molecule has 21 heavy (non-hydrogen) atoms. The molecule has 112 valence electrons. The van der Waals surface area contributed by atoms with Gasteiger partial charge in [0.1, 0.15) is 6.04 Å². The Morgan fingerprint density at radius 1 is 1.57 bits per heavy atom. The van der Waals surface area contributed by atoms with Crippen LogP contribution in [0.1, 0.15) is 28.9 Å². The van der Waals surface area contributed by atoms with E-state index in [-0.39, 0.29) is 6.42 Å². The van der Waals surface area contributed by atoms with Crippen molar-refractivity contribution in [2.75, 3.05) is 0 Å². The lowest BCUT2D eigenvalue weighted by Gasteiger charge is -2.18. The summed E-state index contributed by atoms with van der Waals surface area (Å²) in [6, 6.07) is 2.13. The molecule has 7 nitrogen and oxygen atoms in total. The highest BCUT2D eigenvalue weighted by atomic mass is 32.1. The van der Waals surface area contributed by atoms with Gasteiger partial charge < -0.3 is 16.2 Å². The lowest BCUT2D eigenvalue weighted by atomic mass is 10.1. The predicted molar refractivity (Wildman–Crippen MR) is 77.6 cm³/mol. The zero-order valence-electron chi connectivity index (χ0n) is 11.4. The molecule has 2 aromatic heterocycles. The van der Waals surface area contributed by atoms with Gasteiger partial charge in [-0.1, -0.05) is 6.07 Å². The number of hydrogen-bond donors (Lipinski definition) is 3. The number of nitrogens with two attached hydrogens (primary N) is 1.